The Morgan fingerprint density at radius 3 is 2.70 bits per heavy atom. The van der Waals surface area contributed by atoms with Crippen LogP contribution in [0.15, 0.2) is 47.8 Å². The number of carbonyl (C=O) groups excluding carboxylic acids is 1. The van der Waals surface area contributed by atoms with Gasteiger partial charge in [0.05, 0.1) is 18.0 Å². The van der Waals surface area contributed by atoms with Crippen molar-refractivity contribution in [3.05, 3.63) is 47.7 Å². The summed E-state index contributed by atoms with van der Waals surface area (Å²) in [6.45, 7) is 5.56. The van der Waals surface area contributed by atoms with Gasteiger partial charge < -0.3 is 14.6 Å². The van der Waals surface area contributed by atoms with E-state index < -0.39 is 0 Å². The van der Waals surface area contributed by atoms with Crippen LogP contribution in [0.25, 0.3) is 11.4 Å². The van der Waals surface area contributed by atoms with Crippen LogP contribution in [0.5, 0.6) is 5.75 Å². The van der Waals surface area contributed by atoms with Crippen molar-refractivity contribution >= 4 is 35.0 Å². The molecular weight excluding hydrogens is 422 g/mol. The lowest BCUT2D eigenvalue weighted by atomic mass is 10.2. The molecule has 1 amide bonds. The highest BCUT2D eigenvalue weighted by molar-refractivity contribution is 7.99. The number of hydrogen-bond donors (Lipinski definition) is 1. The number of hydrogen-bond acceptors (Lipinski definition) is 6. The Kier molecular flexibility index (Phi) is 8.10. The maximum absolute atomic E-state index is 12.3. The molecule has 0 saturated heterocycles. The van der Waals surface area contributed by atoms with Crippen LogP contribution in [-0.4, -0.2) is 38.0 Å². The molecule has 3 aromatic rings. The molecule has 0 bridgehead atoms. The summed E-state index contributed by atoms with van der Waals surface area (Å²) in [5.41, 5.74) is 1.44. The predicted octanol–water partition coefficient (Wildman–Crippen LogP) is 4.92. The maximum atomic E-state index is 12.3. The predicted molar refractivity (Wildman–Crippen MR) is 120 cm³/mol. The highest BCUT2D eigenvalue weighted by atomic mass is 35.5. The number of unbranched alkanes of at least 4 members (excludes halogenated alkanes) is 1. The standard InChI is InChI=1S/C21H24ClN5O2S/c1-3-5-13-29-16-10-8-15(9-11-16)20-25-26-21(27(20)4-2)30-14-18(28)24-17-7-6-12-23-19(17)22/h6-12H,3-5,13-14H2,1-2H3,(H,24,28). The number of ether oxygens (including phenoxy) is 1. The zero-order valence-electron chi connectivity index (χ0n) is 17.0. The third kappa shape index (κ3) is 5.73. The molecule has 0 aliphatic rings. The average molecular weight is 446 g/mol. The molecule has 7 nitrogen and oxygen atoms in total. The quantitative estimate of drug-likeness (QED) is 0.271. The smallest absolute Gasteiger partial charge is 0.234 e. The van der Waals surface area contributed by atoms with E-state index in [1.807, 2.05) is 35.8 Å². The lowest BCUT2D eigenvalue weighted by molar-refractivity contribution is -0.113. The van der Waals surface area contributed by atoms with Crippen LogP contribution in [0.2, 0.25) is 5.15 Å². The molecule has 2 aromatic heterocycles. The Hall–Kier alpha value is -2.58. The summed E-state index contributed by atoms with van der Waals surface area (Å²) in [6, 6.07) is 11.3. The molecule has 2 heterocycles. The molecule has 0 aliphatic carbocycles. The number of benzene rings is 1. The number of rotatable bonds is 10. The van der Waals surface area contributed by atoms with Crippen molar-refractivity contribution in [3.63, 3.8) is 0 Å². The van der Waals surface area contributed by atoms with Crippen LogP contribution in [-0.2, 0) is 11.3 Å². The van der Waals surface area contributed by atoms with Gasteiger partial charge in [0.2, 0.25) is 5.91 Å². The minimum Gasteiger partial charge on any atom is -0.494 e. The molecule has 30 heavy (non-hydrogen) atoms. The van der Waals surface area contributed by atoms with Gasteiger partial charge in [-0.1, -0.05) is 36.7 Å². The first-order valence-corrected chi connectivity index (χ1v) is 11.2. The van der Waals surface area contributed by atoms with Crippen LogP contribution >= 0.6 is 23.4 Å². The normalized spacial score (nSPS) is 10.8. The first-order chi connectivity index (χ1) is 14.6. The van der Waals surface area contributed by atoms with E-state index in [1.54, 1.807) is 18.3 Å². The second-order valence-corrected chi connectivity index (χ2v) is 7.76. The zero-order chi connectivity index (χ0) is 21.3. The molecule has 0 radical (unpaired) electrons. The molecule has 0 unspecified atom stereocenters. The molecule has 9 heteroatoms. The second kappa shape index (κ2) is 11.0. The van der Waals surface area contributed by atoms with Crippen LogP contribution in [0.4, 0.5) is 5.69 Å². The lowest BCUT2D eigenvalue weighted by Gasteiger charge is -2.09. The molecule has 158 valence electrons. The number of anilines is 1. The van der Waals surface area contributed by atoms with Gasteiger partial charge in [-0.05, 0) is 49.7 Å². The van der Waals surface area contributed by atoms with Crippen molar-refractivity contribution in [2.45, 2.75) is 38.4 Å². The van der Waals surface area contributed by atoms with Gasteiger partial charge in [0.15, 0.2) is 16.1 Å². The van der Waals surface area contributed by atoms with Crippen molar-refractivity contribution in [3.8, 4) is 17.1 Å². The van der Waals surface area contributed by atoms with Gasteiger partial charge in [0.1, 0.15) is 5.75 Å². The molecule has 0 fully saturated rings. The van der Waals surface area contributed by atoms with Crippen LogP contribution in [0.3, 0.4) is 0 Å². The van der Waals surface area contributed by atoms with Crippen molar-refractivity contribution in [1.29, 1.82) is 0 Å². The maximum Gasteiger partial charge on any atom is 0.234 e. The summed E-state index contributed by atoms with van der Waals surface area (Å²) < 4.78 is 7.70. The highest BCUT2D eigenvalue weighted by Gasteiger charge is 2.15. The fourth-order valence-electron chi connectivity index (χ4n) is 2.72. The van der Waals surface area contributed by atoms with Crippen LogP contribution in [0, 0.1) is 0 Å². The summed E-state index contributed by atoms with van der Waals surface area (Å²) >= 11 is 7.31. The van der Waals surface area contributed by atoms with Crippen molar-refractivity contribution in [2.75, 3.05) is 17.7 Å². The molecule has 1 aromatic carbocycles. The summed E-state index contributed by atoms with van der Waals surface area (Å²) in [6.07, 6.45) is 3.71. The van der Waals surface area contributed by atoms with Gasteiger partial charge in [-0.15, -0.1) is 10.2 Å². The number of halogens is 1. The van der Waals surface area contributed by atoms with Crippen molar-refractivity contribution < 1.29 is 9.53 Å². The topological polar surface area (TPSA) is 81.9 Å². The Morgan fingerprint density at radius 2 is 2.00 bits per heavy atom. The SMILES string of the molecule is CCCCOc1ccc(-c2nnc(SCC(=O)Nc3cccnc3Cl)n2CC)cc1. The van der Waals surface area contributed by atoms with Gasteiger partial charge in [0, 0.05) is 18.3 Å². The molecule has 0 atom stereocenters. The molecule has 0 saturated carbocycles. The fraction of sp³-hybridized carbons (Fsp3) is 0.333. The van der Waals surface area contributed by atoms with Crippen LogP contribution < -0.4 is 10.1 Å². The number of thioether (sulfide) groups is 1. The van der Waals surface area contributed by atoms with Gasteiger partial charge in [-0.3, -0.25) is 4.79 Å². The Balaban J connectivity index is 1.64. The minimum absolute atomic E-state index is 0.185. The largest absolute Gasteiger partial charge is 0.494 e. The van der Waals surface area contributed by atoms with Crippen LogP contribution in [0.1, 0.15) is 26.7 Å². The zero-order valence-corrected chi connectivity index (χ0v) is 18.5. The molecule has 1 N–H and O–H groups in total. The third-order valence-corrected chi connectivity index (χ3v) is 5.55. The van der Waals surface area contributed by atoms with Gasteiger partial charge in [-0.2, -0.15) is 0 Å². The third-order valence-electron chi connectivity index (χ3n) is 4.28. The first kappa shape index (κ1) is 22.1. The van der Waals surface area contributed by atoms with Gasteiger partial charge in [-0.25, -0.2) is 4.98 Å². The average Bonchev–Trinajstić information content (AvgIpc) is 3.17. The van der Waals surface area contributed by atoms with E-state index in [0.717, 1.165) is 30.0 Å². The van der Waals surface area contributed by atoms with Crippen molar-refractivity contribution in [2.24, 2.45) is 0 Å². The minimum atomic E-state index is -0.185. The first-order valence-electron chi connectivity index (χ1n) is 9.82. The molecule has 0 aliphatic heterocycles. The summed E-state index contributed by atoms with van der Waals surface area (Å²) in [5, 5.41) is 12.3. The Labute approximate surface area is 185 Å². The van der Waals surface area contributed by atoms with E-state index >= 15 is 0 Å². The number of carbonyl (C=O) groups is 1. The summed E-state index contributed by atoms with van der Waals surface area (Å²) in [5.74, 6) is 1.61. The monoisotopic (exact) mass is 445 g/mol. The van der Waals surface area contributed by atoms with E-state index in [0.29, 0.717) is 24.0 Å². The fourth-order valence-corrected chi connectivity index (χ4v) is 3.69. The number of amides is 1. The number of aromatic nitrogens is 4. The lowest BCUT2D eigenvalue weighted by Crippen LogP contribution is -2.15. The molecular formula is C21H24ClN5O2S. The van der Waals surface area contributed by atoms with Gasteiger partial charge >= 0.3 is 0 Å². The molecule has 0 spiro atoms. The van der Waals surface area contributed by atoms with E-state index in [4.69, 9.17) is 16.3 Å². The van der Waals surface area contributed by atoms with E-state index in [-0.39, 0.29) is 16.8 Å². The van der Waals surface area contributed by atoms with E-state index in [9.17, 15) is 4.79 Å². The highest BCUT2D eigenvalue weighted by Crippen LogP contribution is 2.26. The van der Waals surface area contributed by atoms with E-state index in [2.05, 4.69) is 27.4 Å². The number of pyridine rings is 1. The second-order valence-electron chi connectivity index (χ2n) is 6.46. The molecule has 3 rings (SSSR count). The Morgan fingerprint density at radius 1 is 1.20 bits per heavy atom. The summed E-state index contributed by atoms with van der Waals surface area (Å²) in [4.78, 5) is 16.2. The summed E-state index contributed by atoms with van der Waals surface area (Å²) in [7, 11) is 0. The number of nitrogens with zero attached hydrogens (tertiary/aromatic N) is 4. The van der Waals surface area contributed by atoms with Gasteiger partial charge in [0.25, 0.3) is 0 Å². The van der Waals surface area contributed by atoms with E-state index in [1.165, 1.54) is 11.8 Å². The van der Waals surface area contributed by atoms with Crippen molar-refractivity contribution in [1.82, 2.24) is 19.7 Å². The Bertz CT molecular complexity index is 978. The number of nitrogens with one attached hydrogen (secondary N) is 1.